The Bertz CT molecular complexity index is 834. The van der Waals surface area contributed by atoms with Crippen molar-refractivity contribution < 1.29 is 18.4 Å². The number of likely N-dealkylation sites (N-methyl/N-ethyl adjacent to an activating group) is 1. The first-order valence-electron chi connectivity index (χ1n) is 7.43. The SMILES string of the molecule is CN(CC(=O)Nc1ccc(Cl)c(Cl)c1)CC(=O)Nc1cc(F)ccc1F. The van der Waals surface area contributed by atoms with Crippen LogP contribution in [0.3, 0.4) is 0 Å². The van der Waals surface area contributed by atoms with Gasteiger partial charge in [-0.15, -0.1) is 0 Å². The Morgan fingerprint density at radius 2 is 1.62 bits per heavy atom. The zero-order valence-electron chi connectivity index (χ0n) is 13.7. The second-order valence-electron chi connectivity index (χ2n) is 5.52. The molecule has 0 saturated carbocycles. The average molecular weight is 402 g/mol. The third-order valence-electron chi connectivity index (χ3n) is 3.23. The van der Waals surface area contributed by atoms with E-state index >= 15 is 0 Å². The van der Waals surface area contributed by atoms with Crippen LogP contribution in [0, 0.1) is 11.6 Å². The molecular weight excluding hydrogens is 387 g/mol. The predicted octanol–water partition coefficient (Wildman–Crippen LogP) is 3.78. The number of carbonyl (C=O) groups excluding carboxylic acids is 2. The highest BCUT2D eigenvalue weighted by Crippen LogP contribution is 2.24. The lowest BCUT2D eigenvalue weighted by Crippen LogP contribution is -2.36. The van der Waals surface area contributed by atoms with Crippen LogP contribution in [-0.2, 0) is 9.59 Å². The number of benzene rings is 2. The molecule has 2 aromatic rings. The number of anilines is 2. The van der Waals surface area contributed by atoms with Crippen molar-refractivity contribution in [2.24, 2.45) is 0 Å². The van der Waals surface area contributed by atoms with Gasteiger partial charge in [-0.05, 0) is 37.4 Å². The van der Waals surface area contributed by atoms with Crippen molar-refractivity contribution >= 4 is 46.4 Å². The van der Waals surface area contributed by atoms with Gasteiger partial charge in [0.1, 0.15) is 11.6 Å². The standard InChI is InChI=1S/C17H15Cl2F2N3O2/c1-24(8-16(25)22-11-3-4-12(18)13(19)7-11)9-17(26)23-15-6-10(20)2-5-14(15)21/h2-7H,8-9H2,1H3,(H,22,25)(H,23,26). The molecule has 2 aromatic carbocycles. The zero-order valence-corrected chi connectivity index (χ0v) is 15.2. The fourth-order valence-corrected chi connectivity index (χ4v) is 2.40. The molecule has 0 aliphatic heterocycles. The van der Waals surface area contributed by atoms with Crippen LogP contribution < -0.4 is 10.6 Å². The summed E-state index contributed by atoms with van der Waals surface area (Å²) in [6, 6.07) is 7.38. The first-order chi connectivity index (χ1) is 12.2. The summed E-state index contributed by atoms with van der Waals surface area (Å²) < 4.78 is 26.6. The van der Waals surface area contributed by atoms with Gasteiger partial charge in [-0.1, -0.05) is 23.2 Å². The fraction of sp³-hybridized carbons (Fsp3) is 0.176. The molecule has 0 aliphatic carbocycles. The van der Waals surface area contributed by atoms with E-state index in [-0.39, 0.29) is 24.7 Å². The average Bonchev–Trinajstić information content (AvgIpc) is 2.54. The highest BCUT2D eigenvalue weighted by atomic mass is 35.5. The lowest BCUT2D eigenvalue weighted by Gasteiger charge is -2.16. The predicted molar refractivity (Wildman–Crippen MR) is 97.6 cm³/mol. The molecule has 0 spiro atoms. The van der Waals surface area contributed by atoms with Crippen molar-refractivity contribution in [1.82, 2.24) is 4.90 Å². The maximum atomic E-state index is 13.5. The van der Waals surface area contributed by atoms with Crippen LogP contribution in [0.2, 0.25) is 10.0 Å². The Hall–Kier alpha value is -2.22. The molecule has 0 aliphatic rings. The normalized spacial score (nSPS) is 10.7. The molecule has 2 rings (SSSR count). The Morgan fingerprint density at radius 3 is 2.27 bits per heavy atom. The van der Waals surface area contributed by atoms with E-state index < -0.39 is 17.5 Å². The third kappa shape index (κ3) is 5.94. The highest BCUT2D eigenvalue weighted by Gasteiger charge is 2.13. The summed E-state index contributed by atoms with van der Waals surface area (Å²) in [5.41, 5.74) is 0.202. The maximum absolute atomic E-state index is 13.5. The van der Waals surface area contributed by atoms with E-state index in [2.05, 4.69) is 10.6 Å². The number of hydrogen-bond acceptors (Lipinski definition) is 3. The fourth-order valence-electron chi connectivity index (χ4n) is 2.10. The number of nitrogens with zero attached hydrogens (tertiary/aromatic N) is 1. The smallest absolute Gasteiger partial charge is 0.238 e. The van der Waals surface area contributed by atoms with Gasteiger partial charge in [0.2, 0.25) is 11.8 Å². The Labute approximate surface area is 158 Å². The molecule has 0 saturated heterocycles. The summed E-state index contributed by atoms with van der Waals surface area (Å²) in [6.07, 6.45) is 0. The maximum Gasteiger partial charge on any atom is 0.238 e. The topological polar surface area (TPSA) is 61.4 Å². The number of halogens is 4. The van der Waals surface area contributed by atoms with E-state index in [0.717, 1.165) is 18.2 Å². The first-order valence-corrected chi connectivity index (χ1v) is 8.18. The van der Waals surface area contributed by atoms with Crippen LogP contribution in [0.1, 0.15) is 0 Å². The minimum atomic E-state index is -0.750. The van der Waals surface area contributed by atoms with Gasteiger partial charge in [-0.2, -0.15) is 0 Å². The van der Waals surface area contributed by atoms with Crippen molar-refractivity contribution in [2.45, 2.75) is 0 Å². The van der Waals surface area contributed by atoms with Gasteiger partial charge < -0.3 is 10.6 Å². The third-order valence-corrected chi connectivity index (χ3v) is 3.97. The molecule has 2 amide bonds. The quantitative estimate of drug-likeness (QED) is 0.773. The molecule has 138 valence electrons. The number of carbonyl (C=O) groups is 2. The van der Waals surface area contributed by atoms with Gasteiger partial charge in [-0.25, -0.2) is 8.78 Å². The van der Waals surface area contributed by atoms with E-state index in [1.165, 1.54) is 18.0 Å². The molecule has 0 bridgehead atoms. The van der Waals surface area contributed by atoms with Gasteiger partial charge in [-0.3, -0.25) is 14.5 Å². The summed E-state index contributed by atoms with van der Waals surface area (Å²) in [7, 11) is 1.54. The summed E-state index contributed by atoms with van der Waals surface area (Å²) in [4.78, 5) is 25.3. The van der Waals surface area contributed by atoms with Crippen molar-refractivity contribution in [3.8, 4) is 0 Å². The van der Waals surface area contributed by atoms with Crippen LogP contribution >= 0.6 is 23.2 Å². The number of nitrogens with one attached hydrogen (secondary N) is 2. The van der Waals surface area contributed by atoms with Gasteiger partial charge >= 0.3 is 0 Å². The monoisotopic (exact) mass is 401 g/mol. The molecule has 0 atom stereocenters. The summed E-state index contributed by atoms with van der Waals surface area (Å²) >= 11 is 11.7. The van der Waals surface area contributed by atoms with Crippen LogP contribution in [0.15, 0.2) is 36.4 Å². The van der Waals surface area contributed by atoms with E-state index in [1.807, 2.05) is 0 Å². The lowest BCUT2D eigenvalue weighted by molar-refractivity contribution is -0.119. The Morgan fingerprint density at radius 1 is 0.962 bits per heavy atom. The molecule has 0 radical (unpaired) electrons. The minimum Gasteiger partial charge on any atom is -0.325 e. The van der Waals surface area contributed by atoms with Gasteiger partial charge in [0.05, 0.1) is 28.8 Å². The number of rotatable bonds is 6. The molecule has 0 unspecified atom stereocenters. The van der Waals surface area contributed by atoms with Crippen molar-refractivity contribution in [3.05, 3.63) is 58.1 Å². The van der Waals surface area contributed by atoms with Gasteiger partial charge in [0, 0.05) is 11.8 Å². The molecule has 0 aromatic heterocycles. The van der Waals surface area contributed by atoms with E-state index in [1.54, 1.807) is 12.1 Å². The largest absolute Gasteiger partial charge is 0.325 e. The van der Waals surface area contributed by atoms with Gasteiger partial charge in [0.25, 0.3) is 0 Å². The van der Waals surface area contributed by atoms with Crippen molar-refractivity contribution in [2.75, 3.05) is 30.8 Å². The molecule has 0 fully saturated rings. The summed E-state index contributed by atoms with van der Waals surface area (Å²) in [5, 5.41) is 5.54. The van der Waals surface area contributed by atoms with Crippen LogP contribution in [-0.4, -0.2) is 36.9 Å². The van der Waals surface area contributed by atoms with Gasteiger partial charge in [0.15, 0.2) is 0 Å². The van der Waals surface area contributed by atoms with Crippen molar-refractivity contribution in [1.29, 1.82) is 0 Å². The lowest BCUT2D eigenvalue weighted by atomic mass is 10.3. The van der Waals surface area contributed by atoms with Crippen LogP contribution in [0.25, 0.3) is 0 Å². The zero-order chi connectivity index (χ0) is 19.3. The van der Waals surface area contributed by atoms with Crippen LogP contribution in [0.5, 0.6) is 0 Å². The van der Waals surface area contributed by atoms with Crippen molar-refractivity contribution in [3.63, 3.8) is 0 Å². The number of amides is 2. The molecular formula is C17H15Cl2F2N3O2. The Kier molecular flexibility index (Phi) is 6.90. The van der Waals surface area contributed by atoms with Crippen LogP contribution in [0.4, 0.5) is 20.2 Å². The molecule has 26 heavy (non-hydrogen) atoms. The summed E-state index contributed by atoms with van der Waals surface area (Å²) in [6.45, 7) is -0.288. The van der Waals surface area contributed by atoms with E-state index in [0.29, 0.717) is 15.7 Å². The highest BCUT2D eigenvalue weighted by molar-refractivity contribution is 6.42. The van der Waals surface area contributed by atoms with E-state index in [9.17, 15) is 18.4 Å². The Balaban J connectivity index is 1.85. The minimum absolute atomic E-state index is 0.0979. The second-order valence-corrected chi connectivity index (χ2v) is 6.34. The molecule has 2 N–H and O–H groups in total. The second kappa shape index (κ2) is 8.93. The molecule has 5 nitrogen and oxygen atoms in total. The first kappa shape index (κ1) is 20.1. The molecule has 9 heteroatoms. The molecule has 0 heterocycles. The van der Waals surface area contributed by atoms with E-state index in [4.69, 9.17) is 23.2 Å². The number of hydrogen-bond donors (Lipinski definition) is 2. The summed E-state index contributed by atoms with van der Waals surface area (Å²) in [5.74, 6) is -2.38.